The fourth-order valence-electron chi connectivity index (χ4n) is 2.47. The van der Waals surface area contributed by atoms with E-state index in [1.807, 2.05) is 0 Å². The van der Waals surface area contributed by atoms with Gasteiger partial charge in [0, 0.05) is 5.56 Å². The molecule has 2 atom stereocenters. The first-order valence-electron chi connectivity index (χ1n) is 5.61. The molecule has 0 radical (unpaired) electrons. The molecule has 2 unspecified atom stereocenters. The molecule has 1 aliphatic carbocycles. The van der Waals surface area contributed by atoms with E-state index in [0.717, 1.165) is 0 Å². The summed E-state index contributed by atoms with van der Waals surface area (Å²) in [5.74, 6) is -0.687. The Balaban J connectivity index is 2.30. The molecule has 4 nitrogen and oxygen atoms in total. The number of aliphatic hydroxyl groups excluding tert-OH is 2. The molecule has 0 fully saturated rings. The van der Waals surface area contributed by atoms with Crippen LogP contribution in [0.5, 0.6) is 11.5 Å². The van der Waals surface area contributed by atoms with Crippen molar-refractivity contribution >= 4 is 0 Å². The Morgan fingerprint density at radius 1 is 0.722 bits per heavy atom. The van der Waals surface area contributed by atoms with E-state index in [4.69, 9.17) is 0 Å². The highest BCUT2D eigenvalue weighted by molar-refractivity contribution is 5.58. The molecule has 18 heavy (non-hydrogen) atoms. The van der Waals surface area contributed by atoms with Gasteiger partial charge in [0.1, 0.15) is 12.2 Å². The minimum Gasteiger partial charge on any atom is -0.504 e. The van der Waals surface area contributed by atoms with E-state index in [9.17, 15) is 20.4 Å². The monoisotopic (exact) mass is 244 g/mol. The Kier molecular flexibility index (Phi) is 2.29. The maximum atomic E-state index is 10.3. The standard InChI is InChI=1S/C14H12O4/c15-10-6-5-9-11(14(10)18)13(17)8-4-2-1-3-7(8)12(9)16/h1-6,12-13,15-18H. The summed E-state index contributed by atoms with van der Waals surface area (Å²) in [7, 11) is 0. The fourth-order valence-corrected chi connectivity index (χ4v) is 2.47. The van der Waals surface area contributed by atoms with Crippen LogP contribution in [0, 0.1) is 0 Å². The van der Waals surface area contributed by atoms with Crippen LogP contribution in [-0.4, -0.2) is 20.4 Å². The Morgan fingerprint density at radius 3 is 2.00 bits per heavy atom. The number of hydrogen-bond acceptors (Lipinski definition) is 4. The molecular weight excluding hydrogens is 232 g/mol. The van der Waals surface area contributed by atoms with Gasteiger partial charge in [0.2, 0.25) is 0 Å². The van der Waals surface area contributed by atoms with E-state index < -0.39 is 12.2 Å². The summed E-state index contributed by atoms with van der Waals surface area (Å²) >= 11 is 0. The Hall–Kier alpha value is -2.04. The third-order valence-electron chi connectivity index (χ3n) is 3.38. The summed E-state index contributed by atoms with van der Waals surface area (Å²) in [6.45, 7) is 0. The second kappa shape index (κ2) is 3.73. The minimum absolute atomic E-state index is 0.168. The summed E-state index contributed by atoms with van der Waals surface area (Å²) in [6, 6.07) is 9.76. The van der Waals surface area contributed by atoms with E-state index in [2.05, 4.69) is 0 Å². The molecule has 0 amide bonds. The molecule has 0 spiro atoms. The zero-order valence-corrected chi connectivity index (χ0v) is 9.41. The minimum atomic E-state index is -1.05. The number of benzene rings is 2. The van der Waals surface area contributed by atoms with Gasteiger partial charge in [0.25, 0.3) is 0 Å². The van der Waals surface area contributed by atoms with Gasteiger partial charge in [0.15, 0.2) is 11.5 Å². The lowest BCUT2D eigenvalue weighted by Crippen LogP contribution is -2.17. The number of phenols is 2. The first-order valence-corrected chi connectivity index (χ1v) is 5.61. The smallest absolute Gasteiger partial charge is 0.164 e. The summed E-state index contributed by atoms with van der Waals surface area (Å²) in [6.07, 6.45) is -1.96. The number of fused-ring (bicyclic) bond motifs is 2. The Morgan fingerprint density at radius 2 is 1.33 bits per heavy atom. The van der Waals surface area contributed by atoms with Crippen LogP contribution >= 0.6 is 0 Å². The number of rotatable bonds is 0. The van der Waals surface area contributed by atoms with E-state index in [1.54, 1.807) is 24.3 Å². The van der Waals surface area contributed by atoms with Crippen molar-refractivity contribution in [3.05, 3.63) is 58.7 Å². The SMILES string of the molecule is Oc1ccc2c(c1O)C(O)c1ccccc1C2O. The van der Waals surface area contributed by atoms with Crippen LogP contribution < -0.4 is 0 Å². The molecule has 1 aliphatic rings. The number of hydrogen-bond donors (Lipinski definition) is 4. The van der Waals surface area contributed by atoms with Crippen molar-refractivity contribution in [2.24, 2.45) is 0 Å². The normalized spacial score (nSPS) is 21.2. The lowest BCUT2D eigenvalue weighted by Gasteiger charge is -2.29. The number of aliphatic hydroxyl groups is 2. The van der Waals surface area contributed by atoms with Crippen LogP contribution in [0.2, 0.25) is 0 Å². The van der Waals surface area contributed by atoms with E-state index in [0.29, 0.717) is 16.7 Å². The highest BCUT2D eigenvalue weighted by atomic mass is 16.3. The maximum absolute atomic E-state index is 10.3. The molecule has 4 N–H and O–H groups in total. The van der Waals surface area contributed by atoms with E-state index in [1.165, 1.54) is 12.1 Å². The van der Waals surface area contributed by atoms with Crippen LogP contribution in [0.3, 0.4) is 0 Å². The summed E-state index contributed by atoms with van der Waals surface area (Å²) in [5.41, 5.74) is 1.73. The molecule has 0 heterocycles. The van der Waals surface area contributed by atoms with Crippen LogP contribution in [0.1, 0.15) is 34.5 Å². The third-order valence-corrected chi connectivity index (χ3v) is 3.38. The molecule has 0 saturated heterocycles. The van der Waals surface area contributed by atoms with Gasteiger partial charge < -0.3 is 20.4 Å². The highest BCUT2D eigenvalue weighted by Gasteiger charge is 2.32. The van der Waals surface area contributed by atoms with Crippen molar-refractivity contribution in [3.8, 4) is 11.5 Å². The predicted octanol–water partition coefficient (Wildman–Crippen LogP) is 1.57. The quantitative estimate of drug-likeness (QED) is 0.530. The predicted molar refractivity (Wildman–Crippen MR) is 64.3 cm³/mol. The molecule has 2 aromatic carbocycles. The Labute approximate surface area is 103 Å². The second-order valence-electron chi connectivity index (χ2n) is 4.37. The van der Waals surface area contributed by atoms with Crippen molar-refractivity contribution in [2.75, 3.05) is 0 Å². The van der Waals surface area contributed by atoms with Gasteiger partial charge in [-0.05, 0) is 22.8 Å². The van der Waals surface area contributed by atoms with Gasteiger partial charge in [-0.25, -0.2) is 0 Å². The lowest BCUT2D eigenvalue weighted by atomic mass is 9.81. The zero-order chi connectivity index (χ0) is 12.9. The van der Waals surface area contributed by atoms with Gasteiger partial charge in [-0.1, -0.05) is 30.3 Å². The molecule has 0 aromatic heterocycles. The topological polar surface area (TPSA) is 80.9 Å². The summed E-state index contributed by atoms with van der Waals surface area (Å²) < 4.78 is 0. The van der Waals surface area contributed by atoms with Crippen molar-refractivity contribution in [1.82, 2.24) is 0 Å². The average Bonchev–Trinajstić information content (AvgIpc) is 2.39. The van der Waals surface area contributed by atoms with Gasteiger partial charge in [-0.2, -0.15) is 0 Å². The first-order chi connectivity index (χ1) is 8.61. The van der Waals surface area contributed by atoms with Gasteiger partial charge in [0.05, 0.1) is 0 Å². The van der Waals surface area contributed by atoms with E-state index >= 15 is 0 Å². The fraction of sp³-hybridized carbons (Fsp3) is 0.143. The second-order valence-corrected chi connectivity index (χ2v) is 4.37. The number of aromatic hydroxyl groups is 2. The van der Waals surface area contributed by atoms with E-state index in [-0.39, 0.29) is 17.1 Å². The molecule has 2 aromatic rings. The van der Waals surface area contributed by atoms with Gasteiger partial charge >= 0.3 is 0 Å². The number of phenolic OH excluding ortho intramolecular Hbond substituents is 2. The molecular formula is C14H12O4. The van der Waals surface area contributed by atoms with Crippen molar-refractivity contribution in [2.45, 2.75) is 12.2 Å². The average molecular weight is 244 g/mol. The van der Waals surface area contributed by atoms with Gasteiger partial charge in [-0.15, -0.1) is 0 Å². The van der Waals surface area contributed by atoms with Crippen LogP contribution in [0.15, 0.2) is 36.4 Å². The molecule has 0 bridgehead atoms. The van der Waals surface area contributed by atoms with Crippen molar-refractivity contribution < 1.29 is 20.4 Å². The zero-order valence-electron chi connectivity index (χ0n) is 9.41. The van der Waals surface area contributed by atoms with Crippen LogP contribution in [0.4, 0.5) is 0 Å². The largest absolute Gasteiger partial charge is 0.504 e. The van der Waals surface area contributed by atoms with Gasteiger partial charge in [-0.3, -0.25) is 0 Å². The maximum Gasteiger partial charge on any atom is 0.164 e. The Bertz CT molecular complexity index is 621. The first kappa shape index (κ1) is 11.1. The lowest BCUT2D eigenvalue weighted by molar-refractivity contribution is 0.169. The molecule has 92 valence electrons. The highest BCUT2D eigenvalue weighted by Crippen LogP contribution is 2.46. The third kappa shape index (κ3) is 1.33. The van der Waals surface area contributed by atoms with Crippen molar-refractivity contribution in [3.63, 3.8) is 0 Å². The molecule has 0 aliphatic heterocycles. The van der Waals surface area contributed by atoms with Crippen molar-refractivity contribution in [1.29, 1.82) is 0 Å². The molecule has 4 heteroatoms. The van der Waals surface area contributed by atoms with Crippen LogP contribution in [-0.2, 0) is 0 Å². The van der Waals surface area contributed by atoms with Crippen LogP contribution in [0.25, 0.3) is 0 Å². The summed E-state index contributed by atoms with van der Waals surface area (Å²) in [5, 5.41) is 39.8. The molecule has 3 rings (SSSR count). The summed E-state index contributed by atoms with van der Waals surface area (Å²) in [4.78, 5) is 0. The molecule has 0 saturated carbocycles.